The van der Waals surface area contributed by atoms with Crippen molar-refractivity contribution in [3.63, 3.8) is 0 Å². The average molecular weight is 382 g/mol. The fraction of sp³-hybridized carbons (Fsp3) is 0.409. The molecule has 27 heavy (non-hydrogen) atoms. The third kappa shape index (κ3) is 3.71. The van der Waals surface area contributed by atoms with Gasteiger partial charge in [0, 0.05) is 12.5 Å². The molecule has 1 fully saturated rings. The van der Waals surface area contributed by atoms with Crippen LogP contribution in [0.4, 0.5) is 0 Å². The molecule has 0 saturated carbocycles. The number of hydrogen-bond donors (Lipinski definition) is 1. The van der Waals surface area contributed by atoms with Gasteiger partial charge in [-0.05, 0) is 15.4 Å². The summed E-state index contributed by atoms with van der Waals surface area (Å²) in [6.45, 7) is 7.38. The lowest BCUT2D eigenvalue weighted by Gasteiger charge is -2.43. The van der Waals surface area contributed by atoms with Crippen LogP contribution in [0.15, 0.2) is 60.7 Å². The van der Waals surface area contributed by atoms with Gasteiger partial charge >= 0.3 is 0 Å². The van der Waals surface area contributed by atoms with Gasteiger partial charge in [-0.3, -0.25) is 0 Å². The highest BCUT2D eigenvalue weighted by Crippen LogP contribution is 2.37. The Morgan fingerprint density at radius 1 is 1.07 bits per heavy atom. The third-order valence-corrected chi connectivity index (χ3v) is 10.3. The summed E-state index contributed by atoms with van der Waals surface area (Å²) in [7, 11) is -2.63. The van der Waals surface area contributed by atoms with Gasteiger partial charge in [0.2, 0.25) is 0 Å². The van der Waals surface area contributed by atoms with Crippen molar-refractivity contribution in [2.75, 3.05) is 13.2 Å². The minimum Gasteiger partial charge on any atom is -0.407 e. The van der Waals surface area contributed by atoms with E-state index in [0.29, 0.717) is 13.2 Å². The molecule has 1 N–H and O–H groups in total. The summed E-state index contributed by atoms with van der Waals surface area (Å²) < 4.78 is 12.2. The van der Waals surface area contributed by atoms with Gasteiger partial charge in [0.15, 0.2) is 6.10 Å². The number of benzene rings is 2. The van der Waals surface area contributed by atoms with Crippen molar-refractivity contribution in [1.82, 2.24) is 0 Å². The first-order chi connectivity index (χ1) is 12.9. The Morgan fingerprint density at radius 2 is 1.59 bits per heavy atom. The lowest BCUT2D eigenvalue weighted by molar-refractivity contribution is 0.0690. The van der Waals surface area contributed by atoms with Gasteiger partial charge in [0.05, 0.1) is 12.7 Å². The molecule has 0 aliphatic carbocycles. The average Bonchev–Trinajstić information content (AvgIpc) is 3.03. The van der Waals surface area contributed by atoms with Crippen molar-refractivity contribution in [3.8, 4) is 6.07 Å². The topological polar surface area (TPSA) is 62.5 Å². The summed E-state index contributed by atoms with van der Waals surface area (Å²) >= 11 is 0. The molecule has 0 radical (unpaired) electrons. The summed E-state index contributed by atoms with van der Waals surface area (Å²) in [6.07, 6.45) is -1.58. The molecule has 1 aliphatic heterocycles. The Morgan fingerprint density at radius 3 is 2.00 bits per heavy atom. The maximum absolute atomic E-state index is 10.4. The van der Waals surface area contributed by atoms with Crippen LogP contribution in [0.3, 0.4) is 0 Å². The van der Waals surface area contributed by atoms with Crippen LogP contribution in [0.1, 0.15) is 20.8 Å². The van der Waals surface area contributed by atoms with Crippen molar-refractivity contribution < 1.29 is 14.3 Å². The second-order valence-corrected chi connectivity index (χ2v) is 12.4. The van der Waals surface area contributed by atoms with Crippen molar-refractivity contribution in [1.29, 1.82) is 5.26 Å². The van der Waals surface area contributed by atoms with E-state index in [2.05, 4.69) is 45.0 Å². The fourth-order valence-electron chi connectivity index (χ4n) is 3.93. The van der Waals surface area contributed by atoms with Gasteiger partial charge in [-0.2, -0.15) is 5.26 Å². The van der Waals surface area contributed by atoms with E-state index in [0.717, 1.165) is 0 Å². The normalized spacial score (nSPS) is 23.1. The van der Waals surface area contributed by atoms with E-state index >= 15 is 0 Å². The Labute approximate surface area is 162 Å². The monoisotopic (exact) mass is 381 g/mol. The quantitative estimate of drug-likeness (QED) is 0.808. The summed E-state index contributed by atoms with van der Waals surface area (Å²) in [5.41, 5.74) is 0. The highest BCUT2D eigenvalue weighted by molar-refractivity contribution is 6.99. The SMILES string of the molecule is CC(C)(C)[Si](OC[C@H]1CO[C@@H](C#N)[C@@H]1O)(c1ccccc1)c1ccccc1. The maximum atomic E-state index is 10.4. The first-order valence-corrected chi connectivity index (χ1v) is 11.3. The highest BCUT2D eigenvalue weighted by Gasteiger charge is 2.51. The number of aliphatic hydroxyl groups is 1. The van der Waals surface area contributed by atoms with Crippen molar-refractivity contribution in [3.05, 3.63) is 60.7 Å². The zero-order valence-electron chi connectivity index (χ0n) is 16.1. The molecule has 3 atom stereocenters. The predicted octanol–water partition coefficient (Wildman–Crippen LogP) is 2.46. The van der Waals surface area contributed by atoms with E-state index in [-0.39, 0.29) is 11.0 Å². The van der Waals surface area contributed by atoms with Gasteiger partial charge in [-0.1, -0.05) is 81.4 Å². The van der Waals surface area contributed by atoms with Crippen molar-refractivity contribution >= 4 is 18.7 Å². The molecule has 1 heterocycles. The number of nitrogens with zero attached hydrogens (tertiary/aromatic N) is 1. The van der Waals surface area contributed by atoms with E-state index in [4.69, 9.17) is 14.4 Å². The maximum Gasteiger partial charge on any atom is 0.261 e. The van der Waals surface area contributed by atoms with Gasteiger partial charge in [0.25, 0.3) is 8.32 Å². The molecule has 3 rings (SSSR count). The Hall–Kier alpha value is -1.97. The molecule has 1 saturated heterocycles. The first-order valence-electron chi connectivity index (χ1n) is 9.34. The van der Waals surface area contributed by atoms with Crippen LogP contribution < -0.4 is 10.4 Å². The molecule has 2 aromatic rings. The zero-order chi connectivity index (χ0) is 19.5. The Kier molecular flexibility index (Phi) is 5.83. The number of nitriles is 1. The van der Waals surface area contributed by atoms with E-state index in [1.807, 2.05) is 42.5 Å². The molecule has 5 heteroatoms. The van der Waals surface area contributed by atoms with Crippen molar-refractivity contribution in [2.24, 2.45) is 5.92 Å². The molecule has 0 bridgehead atoms. The standard InChI is InChI=1S/C22H27NO3Si/c1-22(2,3)27(18-10-6-4-7-11-18,19-12-8-5-9-13-19)26-16-17-15-25-20(14-23)21(17)24/h4-13,17,20-21,24H,15-16H2,1-3H3/t17-,20+,21-/m1/s1. The second kappa shape index (κ2) is 7.95. The molecule has 0 amide bonds. The summed E-state index contributed by atoms with van der Waals surface area (Å²) in [6, 6.07) is 22.8. The zero-order valence-corrected chi connectivity index (χ0v) is 17.1. The lowest BCUT2D eigenvalue weighted by Crippen LogP contribution is -2.67. The van der Waals surface area contributed by atoms with E-state index < -0.39 is 20.5 Å². The van der Waals surface area contributed by atoms with E-state index in [1.165, 1.54) is 10.4 Å². The van der Waals surface area contributed by atoms with Crippen molar-refractivity contribution in [2.45, 2.75) is 38.0 Å². The van der Waals surface area contributed by atoms with Gasteiger partial charge in [-0.15, -0.1) is 0 Å². The summed E-state index contributed by atoms with van der Waals surface area (Å²) in [5, 5.41) is 21.8. The number of ether oxygens (including phenoxy) is 1. The molecular weight excluding hydrogens is 354 g/mol. The second-order valence-electron chi connectivity index (χ2n) is 8.11. The Balaban J connectivity index is 2.01. The smallest absolute Gasteiger partial charge is 0.261 e. The number of hydrogen-bond acceptors (Lipinski definition) is 4. The molecule has 0 spiro atoms. The highest BCUT2D eigenvalue weighted by atomic mass is 28.4. The largest absolute Gasteiger partial charge is 0.407 e. The first kappa shape index (κ1) is 19.8. The van der Waals surface area contributed by atoms with Crippen LogP contribution in [0, 0.1) is 17.2 Å². The Bertz CT molecular complexity index is 743. The predicted molar refractivity (Wildman–Crippen MR) is 108 cm³/mol. The lowest BCUT2D eigenvalue weighted by atomic mass is 10.0. The van der Waals surface area contributed by atoms with Crippen LogP contribution >= 0.6 is 0 Å². The molecule has 1 aliphatic rings. The molecule has 0 aromatic heterocycles. The fourth-order valence-corrected chi connectivity index (χ4v) is 8.55. The van der Waals surface area contributed by atoms with Crippen LogP contribution in [0.2, 0.25) is 5.04 Å². The van der Waals surface area contributed by atoms with Gasteiger partial charge in [0.1, 0.15) is 6.10 Å². The molecule has 142 valence electrons. The molecule has 4 nitrogen and oxygen atoms in total. The van der Waals surface area contributed by atoms with Gasteiger partial charge < -0.3 is 14.3 Å². The van der Waals surface area contributed by atoms with Crippen LogP contribution in [0.25, 0.3) is 0 Å². The molecule has 2 aromatic carbocycles. The van der Waals surface area contributed by atoms with E-state index in [9.17, 15) is 5.11 Å². The van der Waals surface area contributed by atoms with Gasteiger partial charge in [-0.25, -0.2) is 0 Å². The molecular formula is C22H27NO3Si. The summed E-state index contributed by atoms with van der Waals surface area (Å²) in [5.74, 6) is -0.198. The summed E-state index contributed by atoms with van der Waals surface area (Å²) in [4.78, 5) is 0. The van der Waals surface area contributed by atoms with Crippen LogP contribution in [0.5, 0.6) is 0 Å². The van der Waals surface area contributed by atoms with Crippen LogP contribution in [-0.4, -0.2) is 38.8 Å². The minimum atomic E-state index is -2.63. The third-order valence-electron chi connectivity index (χ3n) is 5.34. The minimum absolute atomic E-state index is 0.116. The number of rotatable bonds is 5. The van der Waals surface area contributed by atoms with E-state index in [1.54, 1.807) is 0 Å². The van der Waals surface area contributed by atoms with Crippen LogP contribution in [-0.2, 0) is 9.16 Å². The number of aliphatic hydroxyl groups excluding tert-OH is 1. The molecule has 0 unspecified atom stereocenters.